The van der Waals surface area contributed by atoms with Crippen molar-refractivity contribution in [2.45, 2.75) is 56.3 Å². The number of H-pyrrole nitrogens is 2. The predicted octanol–water partition coefficient (Wildman–Crippen LogP) is -1.34. The van der Waals surface area contributed by atoms with Gasteiger partial charge in [-0.2, -0.15) is 0 Å². The van der Waals surface area contributed by atoms with Gasteiger partial charge in [-0.1, -0.05) is 18.2 Å². The van der Waals surface area contributed by atoms with E-state index in [2.05, 4.69) is 30.9 Å². The molecule has 3 rings (SSSR count). The number of carbonyl (C=O) groups excluding carboxylic acids is 3. The van der Waals surface area contributed by atoms with Crippen LogP contribution in [-0.4, -0.2) is 86.2 Å². The van der Waals surface area contributed by atoms with Crippen LogP contribution in [0.1, 0.15) is 30.5 Å². The van der Waals surface area contributed by atoms with Crippen LogP contribution in [0, 0.1) is 0 Å². The number of rotatable bonds is 16. The molecule has 0 aliphatic rings. The van der Waals surface area contributed by atoms with Crippen LogP contribution < -0.4 is 27.4 Å². The molecule has 3 amide bonds. The number of carboxylic acids is 1. The highest BCUT2D eigenvalue weighted by Crippen LogP contribution is 2.19. The summed E-state index contributed by atoms with van der Waals surface area (Å²) in [6.45, 7) is -0.407. The lowest BCUT2D eigenvalue weighted by Gasteiger charge is -2.24. The summed E-state index contributed by atoms with van der Waals surface area (Å²) < 4.78 is 0. The second-order valence-corrected chi connectivity index (χ2v) is 9.44. The highest BCUT2D eigenvalue weighted by atomic mass is 16.4. The van der Waals surface area contributed by atoms with Crippen LogP contribution in [0.25, 0.3) is 10.9 Å². The summed E-state index contributed by atoms with van der Waals surface area (Å²) in [4.78, 5) is 60.4. The van der Waals surface area contributed by atoms with Crippen molar-refractivity contribution in [1.82, 2.24) is 30.9 Å². The highest BCUT2D eigenvalue weighted by molar-refractivity contribution is 5.94. The number of aliphatic hydroxyl groups excluding tert-OH is 1. The second kappa shape index (κ2) is 14.8. The summed E-state index contributed by atoms with van der Waals surface area (Å²) in [7, 11) is 0. The third kappa shape index (κ3) is 8.36. The molecule has 14 nitrogen and oxygen atoms in total. The van der Waals surface area contributed by atoms with E-state index in [1.165, 1.54) is 12.5 Å². The number of imidazole rings is 1. The molecule has 0 aliphatic heterocycles. The molecule has 0 saturated heterocycles. The van der Waals surface area contributed by atoms with Gasteiger partial charge in [0.25, 0.3) is 0 Å². The standard InChI is InChI=1S/C26H36N8O6/c27-8-4-3-7-20(32-23(36)18(28)10-16-12-29-14-31-16)24(37)34-22(13-35)25(38)33-21(26(39)40)9-15-11-30-19-6-2-1-5-17(15)19/h1-2,5-6,11-12,14,18,20-22,30,35H,3-4,7-10,13,27-28H2,(H,29,31)(H,32,36)(H,33,38)(H,34,37)(H,39,40). The van der Waals surface area contributed by atoms with Crippen molar-refractivity contribution >= 4 is 34.6 Å². The van der Waals surface area contributed by atoms with Crippen LogP contribution in [0.5, 0.6) is 0 Å². The molecule has 11 N–H and O–H groups in total. The molecule has 40 heavy (non-hydrogen) atoms. The number of aromatic amines is 2. The van der Waals surface area contributed by atoms with Crippen LogP contribution in [0.2, 0.25) is 0 Å². The fourth-order valence-corrected chi connectivity index (χ4v) is 4.23. The summed E-state index contributed by atoms with van der Waals surface area (Å²) in [6, 6.07) is 2.53. The van der Waals surface area contributed by atoms with Crippen LogP contribution in [0.4, 0.5) is 0 Å². The Labute approximate surface area is 230 Å². The summed E-state index contributed by atoms with van der Waals surface area (Å²) in [5.74, 6) is -3.47. The number of aromatic nitrogens is 3. The third-order valence-electron chi connectivity index (χ3n) is 6.44. The molecule has 1 aromatic carbocycles. The van der Waals surface area contributed by atoms with Gasteiger partial charge in [0.2, 0.25) is 17.7 Å². The number of hydrogen-bond donors (Lipinski definition) is 9. The number of aliphatic carboxylic acids is 1. The van der Waals surface area contributed by atoms with Gasteiger partial charge in [-0.3, -0.25) is 14.4 Å². The van der Waals surface area contributed by atoms with Gasteiger partial charge >= 0.3 is 5.97 Å². The van der Waals surface area contributed by atoms with Crippen LogP contribution in [0.15, 0.2) is 43.0 Å². The van der Waals surface area contributed by atoms with E-state index in [0.717, 1.165) is 10.9 Å². The SMILES string of the molecule is NCCCCC(NC(=O)C(N)Cc1cnc[nH]1)C(=O)NC(CO)C(=O)NC(Cc1c[nH]c2ccccc12)C(=O)O. The first-order chi connectivity index (χ1) is 19.2. The van der Waals surface area contributed by atoms with E-state index < -0.39 is 54.5 Å². The fraction of sp³-hybridized carbons (Fsp3) is 0.423. The topological polar surface area (TPSA) is 241 Å². The molecule has 0 radical (unpaired) electrons. The van der Waals surface area contributed by atoms with Crippen molar-refractivity contribution in [3.05, 3.63) is 54.2 Å². The zero-order valence-corrected chi connectivity index (χ0v) is 21.9. The van der Waals surface area contributed by atoms with Gasteiger partial charge in [0, 0.05) is 41.8 Å². The van der Waals surface area contributed by atoms with Gasteiger partial charge in [0.1, 0.15) is 18.1 Å². The van der Waals surface area contributed by atoms with E-state index >= 15 is 0 Å². The van der Waals surface area contributed by atoms with Crippen molar-refractivity contribution < 1.29 is 29.4 Å². The minimum atomic E-state index is -1.45. The first-order valence-electron chi connectivity index (χ1n) is 13.0. The maximum atomic E-state index is 13.1. The van der Waals surface area contributed by atoms with Crippen molar-refractivity contribution in [2.24, 2.45) is 11.5 Å². The summed E-state index contributed by atoms with van der Waals surface area (Å²) in [5.41, 5.74) is 13.7. The number of fused-ring (bicyclic) bond motifs is 1. The molecule has 2 heterocycles. The predicted molar refractivity (Wildman–Crippen MR) is 146 cm³/mol. The number of nitrogens with two attached hydrogens (primary N) is 2. The van der Waals surface area contributed by atoms with E-state index in [-0.39, 0.29) is 19.3 Å². The largest absolute Gasteiger partial charge is 0.480 e. The van der Waals surface area contributed by atoms with Crippen molar-refractivity contribution in [3.63, 3.8) is 0 Å². The van der Waals surface area contributed by atoms with Crippen molar-refractivity contribution in [3.8, 4) is 0 Å². The lowest BCUT2D eigenvalue weighted by atomic mass is 10.0. The summed E-state index contributed by atoms with van der Waals surface area (Å²) >= 11 is 0. The molecule has 216 valence electrons. The second-order valence-electron chi connectivity index (χ2n) is 9.44. The van der Waals surface area contributed by atoms with Crippen LogP contribution in [0.3, 0.4) is 0 Å². The average Bonchev–Trinajstić information content (AvgIpc) is 3.60. The molecule has 3 aromatic rings. The number of unbranched alkanes of at least 4 members (excludes halogenated alkanes) is 1. The quantitative estimate of drug-likeness (QED) is 0.0947. The lowest BCUT2D eigenvalue weighted by molar-refractivity contribution is -0.142. The Kier molecular flexibility index (Phi) is 11.2. The Morgan fingerprint density at radius 3 is 2.30 bits per heavy atom. The summed E-state index contributed by atoms with van der Waals surface area (Å²) in [5, 5.41) is 27.8. The number of hydrogen-bond acceptors (Lipinski definition) is 8. The van der Waals surface area contributed by atoms with E-state index in [0.29, 0.717) is 30.6 Å². The Morgan fingerprint density at radius 2 is 1.62 bits per heavy atom. The monoisotopic (exact) mass is 556 g/mol. The Morgan fingerprint density at radius 1 is 0.925 bits per heavy atom. The number of aliphatic hydroxyl groups is 1. The maximum absolute atomic E-state index is 13.1. The molecule has 0 fully saturated rings. The molecule has 0 bridgehead atoms. The Bertz CT molecular complexity index is 1280. The van der Waals surface area contributed by atoms with Crippen LogP contribution in [-0.2, 0) is 32.0 Å². The number of nitrogens with one attached hydrogen (secondary N) is 5. The zero-order valence-electron chi connectivity index (χ0n) is 21.9. The van der Waals surface area contributed by atoms with Crippen molar-refractivity contribution in [2.75, 3.05) is 13.2 Å². The minimum absolute atomic E-state index is 0.0246. The van der Waals surface area contributed by atoms with Gasteiger partial charge in [0.15, 0.2) is 0 Å². The molecule has 4 unspecified atom stereocenters. The van der Waals surface area contributed by atoms with E-state index in [4.69, 9.17) is 11.5 Å². The minimum Gasteiger partial charge on any atom is -0.480 e. The van der Waals surface area contributed by atoms with Gasteiger partial charge in [0.05, 0.1) is 19.0 Å². The molecular weight excluding hydrogens is 520 g/mol. The van der Waals surface area contributed by atoms with Crippen LogP contribution >= 0.6 is 0 Å². The first-order valence-corrected chi connectivity index (χ1v) is 13.0. The van der Waals surface area contributed by atoms with Gasteiger partial charge < -0.3 is 47.6 Å². The van der Waals surface area contributed by atoms with Gasteiger partial charge in [-0.15, -0.1) is 0 Å². The summed E-state index contributed by atoms with van der Waals surface area (Å²) in [6.07, 6.45) is 6.11. The van der Waals surface area contributed by atoms with Crippen molar-refractivity contribution in [1.29, 1.82) is 0 Å². The lowest BCUT2D eigenvalue weighted by Crippen LogP contribution is -2.58. The number of para-hydroxylation sites is 1. The molecule has 2 aromatic heterocycles. The smallest absolute Gasteiger partial charge is 0.326 e. The molecule has 14 heteroatoms. The van der Waals surface area contributed by atoms with E-state index in [1.807, 2.05) is 24.3 Å². The molecule has 0 saturated carbocycles. The fourth-order valence-electron chi connectivity index (χ4n) is 4.23. The maximum Gasteiger partial charge on any atom is 0.326 e. The zero-order chi connectivity index (χ0) is 29.1. The number of carbonyl (C=O) groups is 4. The number of benzene rings is 1. The first kappa shape index (κ1) is 30.3. The molecule has 4 atom stereocenters. The number of amides is 3. The Balaban J connectivity index is 1.64. The molecular formula is C26H36N8O6. The number of carboxylic acid groups (broad SMARTS) is 1. The van der Waals surface area contributed by atoms with E-state index in [1.54, 1.807) is 6.20 Å². The normalized spacial score (nSPS) is 14.2. The van der Waals surface area contributed by atoms with Gasteiger partial charge in [-0.25, -0.2) is 9.78 Å². The average molecular weight is 557 g/mol. The third-order valence-corrected chi connectivity index (χ3v) is 6.44. The van der Waals surface area contributed by atoms with Gasteiger partial charge in [-0.05, 0) is 37.4 Å². The van der Waals surface area contributed by atoms with E-state index in [9.17, 15) is 29.4 Å². The Hall–Kier alpha value is -4.27. The number of nitrogens with zero attached hydrogens (tertiary/aromatic N) is 1. The molecule has 0 aliphatic carbocycles. The highest BCUT2D eigenvalue weighted by Gasteiger charge is 2.30. The molecule has 0 spiro atoms.